The number of rotatable bonds is 7. The molecular weight excluding hydrogens is 1020 g/mol. The molecule has 0 bridgehead atoms. The fourth-order valence-corrected chi connectivity index (χ4v) is 13.0. The number of furan rings is 2. The number of hydrogen-bond donors (Lipinski definition) is 0. The highest BCUT2D eigenvalue weighted by Gasteiger charge is 2.45. The predicted octanol–water partition coefficient (Wildman–Crippen LogP) is 19.3. The van der Waals surface area contributed by atoms with Gasteiger partial charge in [-0.15, -0.1) is 0 Å². The second-order valence-corrected chi connectivity index (χ2v) is 21.0. The number of benzene rings is 13. The van der Waals surface area contributed by atoms with Gasteiger partial charge in [-0.25, -0.2) is 0 Å². The molecule has 6 heteroatoms. The van der Waals surface area contributed by atoms with Crippen LogP contribution in [-0.2, 0) is 0 Å². The molecule has 0 radical (unpaired) electrons. The van der Waals surface area contributed by atoms with Crippen molar-refractivity contribution >= 4 is 123 Å². The summed E-state index contributed by atoms with van der Waals surface area (Å²) in [6.45, 7) is -0.962. The zero-order valence-corrected chi connectivity index (χ0v) is 44.1. The Bertz CT molecular complexity index is 6340. The highest BCUT2D eigenvalue weighted by Crippen LogP contribution is 2.53. The molecule has 0 saturated heterocycles. The van der Waals surface area contributed by atoms with E-state index in [9.17, 15) is 13.7 Å². The Kier molecular flexibility index (Phi) is 7.02. The SMILES string of the molecule is [2H]c1c([2H])c([2H])c(-c2ccc3c(c2)B2c4ccc(-c5c([2H])c([2H])c([2H])c([2H])c5[2H])cc4N(c4cc(-c5ccccc5)cc5oc6ccccc6c45)c4cc(-n5c6c([2H])c([2H])c([2H])c([2H])c6c6c([2H])c([2H])c([2H])c([2H])c65)cc(c42)N3c2cc(-c3ccccc3)cc3oc4ccccc4c23)c([2H])c1[2H]. The van der Waals surface area contributed by atoms with Crippen molar-refractivity contribution in [1.29, 1.82) is 0 Å². The van der Waals surface area contributed by atoms with Gasteiger partial charge in [-0.3, -0.25) is 0 Å². The van der Waals surface area contributed by atoms with Crippen molar-refractivity contribution in [3.8, 4) is 50.2 Å². The molecule has 0 aliphatic carbocycles. The Balaban J connectivity index is 1.09. The summed E-state index contributed by atoms with van der Waals surface area (Å²) in [5.41, 5.74) is 9.63. The van der Waals surface area contributed by atoms with E-state index >= 15 is 0 Å². The lowest BCUT2D eigenvalue weighted by Crippen LogP contribution is -2.61. The van der Waals surface area contributed by atoms with Crippen molar-refractivity contribution < 1.29 is 33.5 Å². The van der Waals surface area contributed by atoms with Gasteiger partial charge in [-0.1, -0.05) is 218 Å². The highest BCUT2D eigenvalue weighted by atomic mass is 16.3. The second-order valence-electron chi connectivity index (χ2n) is 21.0. The van der Waals surface area contributed by atoms with E-state index in [-0.39, 0.29) is 49.7 Å². The van der Waals surface area contributed by atoms with Gasteiger partial charge in [-0.2, -0.15) is 0 Å². The van der Waals surface area contributed by atoms with Crippen molar-refractivity contribution in [2.24, 2.45) is 0 Å². The van der Waals surface area contributed by atoms with Gasteiger partial charge in [0.2, 0.25) is 0 Å². The zero-order valence-electron chi connectivity index (χ0n) is 62.1. The van der Waals surface area contributed by atoms with Gasteiger partial charge in [0, 0.05) is 44.3 Å². The first-order valence-electron chi connectivity index (χ1n) is 36.4. The van der Waals surface area contributed by atoms with Crippen molar-refractivity contribution in [1.82, 2.24) is 4.57 Å². The van der Waals surface area contributed by atoms with Crippen LogP contribution in [0.15, 0.2) is 300 Å². The van der Waals surface area contributed by atoms with E-state index in [1.807, 2.05) is 169 Å². The fourth-order valence-electron chi connectivity index (χ4n) is 13.0. The molecule has 16 aromatic rings. The first kappa shape index (κ1) is 32.4. The van der Waals surface area contributed by atoms with Crippen LogP contribution >= 0.6 is 0 Å². The molecule has 3 aromatic heterocycles. The summed E-state index contributed by atoms with van der Waals surface area (Å²) in [7, 11) is 0. The number of anilines is 6. The normalized spacial score (nSPS) is 15.7. The minimum Gasteiger partial charge on any atom is -0.456 e. The van der Waals surface area contributed by atoms with E-state index in [0.717, 1.165) is 22.1 Å². The van der Waals surface area contributed by atoms with E-state index in [1.54, 1.807) is 18.2 Å². The van der Waals surface area contributed by atoms with Gasteiger partial charge in [0.15, 0.2) is 0 Å². The molecule has 18 rings (SSSR count). The third-order valence-corrected chi connectivity index (χ3v) is 16.5. The monoisotopic (exact) mass is 1090 g/mol. The summed E-state index contributed by atoms with van der Waals surface area (Å²) in [5, 5.41) is 2.35. The molecule has 0 atom stereocenters. The van der Waals surface area contributed by atoms with E-state index in [2.05, 4.69) is 4.90 Å². The molecule has 0 amide bonds. The topological polar surface area (TPSA) is 37.7 Å². The van der Waals surface area contributed by atoms with Crippen molar-refractivity contribution in [3.05, 3.63) is 291 Å². The average Bonchev–Trinajstić information content (AvgIpc) is 1.09. The van der Waals surface area contributed by atoms with Crippen LogP contribution in [0.4, 0.5) is 34.1 Å². The minimum atomic E-state index is -0.962. The minimum absolute atomic E-state index is 0.0763. The van der Waals surface area contributed by atoms with Crippen LogP contribution in [0.3, 0.4) is 0 Å². The molecule has 2 aliphatic rings. The summed E-state index contributed by atoms with van der Waals surface area (Å²) >= 11 is 0. The van der Waals surface area contributed by atoms with E-state index in [4.69, 9.17) is 19.8 Å². The maximum atomic E-state index is 9.92. The summed E-state index contributed by atoms with van der Waals surface area (Å²) in [4.78, 5) is 4.07. The number of para-hydroxylation sites is 4. The lowest BCUT2D eigenvalue weighted by molar-refractivity contribution is 0.668. The Labute approximate surface area is 510 Å². The molecule has 13 aromatic carbocycles. The van der Waals surface area contributed by atoms with Crippen LogP contribution in [0.1, 0.15) is 24.7 Å². The maximum absolute atomic E-state index is 9.92. The van der Waals surface area contributed by atoms with Crippen LogP contribution in [0, 0.1) is 0 Å². The Hall–Kier alpha value is -11.1. The second kappa shape index (κ2) is 18.2. The van der Waals surface area contributed by atoms with Gasteiger partial charge in [-0.05, 0) is 134 Å². The standard InChI is InChI=1S/C78H48BN3O2/c1-5-21-49(22-6-1)53-38-40-66-63(41-53)79-62-39-37-54(50-23-7-2-8-24-50)42-67(62)82(69-44-56(52-27-11-4-12-28-52)46-75-77(69)61-32-16-20-36-73(61)84-75)71-48-57(80-64-33-17-13-29-58(64)59-30-14-18-34-65(59)80)47-70(78(71)79)81(66)68-43-55(51-25-9-3-10-26-51)45-74-76(68)60-31-15-19-35-72(60)83-74/h1-48H/i1D,2D,5D,6D,7D,8D,13D,14D,17D,18D,21D,22D,23D,24D,29D,30D,33D,34D. The third kappa shape index (κ3) is 6.98. The fraction of sp³-hybridized carbons (Fsp3) is 0. The molecule has 0 N–H and O–H groups in total. The molecule has 0 unspecified atom stereocenters. The molecule has 5 nitrogen and oxygen atoms in total. The van der Waals surface area contributed by atoms with Gasteiger partial charge in [0.25, 0.3) is 6.71 Å². The smallest absolute Gasteiger partial charge is 0.252 e. The summed E-state index contributed by atoms with van der Waals surface area (Å²) in [6, 6.07) is 46.9. The number of hydrogen-bond acceptors (Lipinski definition) is 4. The van der Waals surface area contributed by atoms with Gasteiger partial charge in [0.05, 0.1) is 63.5 Å². The van der Waals surface area contributed by atoms with Gasteiger partial charge >= 0.3 is 0 Å². The van der Waals surface area contributed by atoms with Crippen molar-refractivity contribution in [2.45, 2.75) is 0 Å². The first-order valence-corrected chi connectivity index (χ1v) is 27.4. The van der Waals surface area contributed by atoms with Crippen LogP contribution in [0.25, 0.3) is 116 Å². The van der Waals surface area contributed by atoms with Crippen molar-refractivity contribution in [3.63, 3.8) is 0 Å². The molecule has 0 fully saturated rings. The summed E-state index contributed by atoms with van der Waals surface area (Å²) in [5.74, 6) is 0. The Morgan fingerprint density at radius 1 is 0.298 bits per heavy atom. The van der Waals surface area contributed by atoms with E-state index < -0.39 is 115 Å². The van der Waals surface area contributed by atoms with Crippen molar-refractivity contribution in [2.75, 3.05) is 9.80 Å². The third-order valence-electron chi connectivity index (χ3n) is 16.5. The van der Waals surface area contributed by atoms with Gasteiger partial charge < -0.3 is 23.2 Å². The van der Waals surface area contributed by atoms with E-state index in [0.29, 0.717) is 94.6 Å². The highest BCUT2D eigenvalue weighted by molar-refractivity contribution is 7.00. The molecule has 390 valence electrons. The number of fused-ring (bicyclic) bond motifs is 13. The van der Waals surface area contributed by atoms with Crippen LogP contribution in [0.5, 0.6) is 0 Å². The Morgan fingerprint density at radius 3 is 1.32 bits per heavy atom. The molecule has 0 spiro atoms. The lowest BCUT2D eigenvalue weighted by atomic mass is 9.33. The zero-order chi connectivity index (χ0) is 70.6. The van der Waals surface area contributed by atoms with Gasteiger partial charge in [0.1, 0.15) is 22.3 Å². The Morgan fingerprint density at radius 2 is 0.762 bits per heavy atom. The largest absolute Gasteiger partial charge is 0.456 e. The molecule has 2 aliphatic heterocycles. The molecular formula is C78H48BN3O2. The lowest BCUT2D eigenvalue weighted by Gasteiger charge is -2.45. The first-order chi connectivity index (χ1) is 49.1. The summed E-state index contributed by atoms with van der Waals surface area (Å²) < 4.78 is 182. The number of nitrogens with zero attached hydrogens (tertiary/aromatic N) is 3. The maximum Gasteiger partial charge on any atom is 0.252 e. The average molecular weight is 1090 g/mol. The quantitative estimate of drug-likeness (QED) is 0.149. The summed E-state index contributed by atoms with van der Waals surface area (Å²) in [6.07, 6.45) is 0. The molecule has 0 saturated carbocycles. The molecule has 84 heavy (non-hydrogen) atoms. The number of aromatic nitrogens is 1. The van der Waals surface area contributed by atoms with Crippen LogP contribution in [0.2, 0.25) is 0 Å². The van der Waals surface area contributed by atoms with Crippen LogP contribution < -0.4 is 26.2 Å². The van der Waals surface area contributed by atoms with E-state index in [1.165, 1.54) is 4.57 Å². The van der Waals surface area contributed by atoms with Crippen LogP contribution in [-0.4, -0.2) is 11.3 Å². The predicted molar refractivity (Wildman–Crippen MR) is 351 cm³/mol. The molecule has 5 heterocycles.